The zero-order chi connectivity index (χ0) is 19.8. The fraction of sp³-hybridized carbons (Fsp3) is 0.217. The van der Waals surface area contributed by atoms with Crippen LogP contribution in [0.3, 0.4) is 0 Å². The van der Waals surface area contributed by atoms with Gasteiger partial charge >= 0.3 is 0 Å². The number of halogens is 2. The summed E-state index contributed by atoms with van der Waals surface area (Å²) in [4.78, 5) is 12.3. The molecule has 2 aromatic carbocycles. The van der Waals surface area contributed by atoms with E-state index in [0.717, 1.165) is 40.4 Å². The molecule has 5 rings (SSSR count). The molecule has 1 aliphatic carbocycles. The number of thiophene rings is 1. The van der Waals surface area contributed by atoms with Gasteiger partial charge in [-0.2, -0.15) is 0 Å². The lowest BCUT2D eigenvalue weighted by molar-refractivity contribution is 0.700. The molecule has 0 unspecified atom stereocenters. The quantitative estimate of drug-likeness (QED) is 0.364. The first-order valence-electron chi connectivity index (χ1n) is 9.75. The maximum Gasteiger partial charge on any atom is 0.143 e. The average Bonchev–Trinajstić information content (AvgIpc) is 3.11. The molecule has 1 aliphatic rings. The Hall–Kier alpha value is -2.14. The maximum atomic E-state index is 6.45. The van der Waals surface area contributed by atoms with Crippen molar-refractivity contribution >= 4 is 56.3 Å². The highest BCUT2D eigenvalue weighted by Gasteiger charge is 2.22. The van der Waals surface area contributed by atoms with Crippen LogP contribution in [0.2, 0.25) is 10.0 Å². The van der Waals surface area contributed by atoms with Gasteiger partial charge in [0.25, 0.3) is 0 Å². The number of benzene rings is 2. The van der Waals surface area contributed by atoms with Crippen LogP contribution < -0.4 is 5.32 Å². The van der Waals surface area contributed by atoms with Gasteiger partial charge in [-0.1, -0.05) is 59.6 Å². The second-order valence-electron chi connectivity index (χ2n) is 7.27. The van der Waals surface area contributed by atoms with Gasteiger partial charge in [0, 0.05) is 11.3 Å². The van der Waals surface area contributed by atoms with E-state index >= 15 is 0 Å². The highest BCUT2D eigenvalue weighted by Crippen LogP contribution is 2.40. The molecule has 0 atom stereocenters. The number of hydrogen-bond acceptors (Lipinski definition) is 4. The van der Waals surface area contributed by atoms with Crippen molar-refractivity contribution in [3.05, 3.63) is 80.4 Å². The summed E-state index contributed by atoms with van der Waals surface area (Å²) < 4.78 is 0. The molecular weight excluding hydrogens is 421 g/mol. The third-order valence-corrected chi connectivity index (χ3v) is 7.28. The molecule has 29 heavy (non-hydrogen) atoms. The van der Waals surface area contributed by atoms with Crippen molar-refractivity contribution in [1.82, 2.24) is 9.97 Å². The van der Waals surface area contributed by atoms with Gasteiger partial charge in [-0.05, 0) is 48.9 Å². The topological polar surface area (TPSA) is 37.8 Å². The molecule has 0 saturated heterocycles. The van der Waals surface area contributed by atoms with Gasteiger partial charge < -0.3 is 5.32 Å². The highest BCUT2D eigenvalue weighted by molar-refractivity contribution is 7.19. The summed E-state index contributed by atoms with van der Waals surface area (Å²) in [5, 5.41) is 5.63. The number of aromatic nitrogens is 2. The van der Waals surface area contributed by atoms with Gasteiger partial charge in [0.1, 0.15) is 16.5 Å². The standard InChI is InChI=1S/C23H19Cl2N3S/c24-16-10-6-11-17(21(16)25)26-22-20-15-9-4-5-12-18(15)29-23(20)28-19(27-22)13-14-7-2-1-3-8-14/h1-3,6-8,10-11H,4-5,9,12-13H2,(H,26,27,28). The van der Waals surface area contributed by atoms with Gasteiger partial charge in [-0.3, -0.25) is 0 Å². The van der Waals surface area contributed by atoms with E-state index in [9.17, 15) is 0 Å². The smallest absolute Gasteiger partial charge is 0.143 e. The number of rotatable bonds is 4. The van der Waals surface area contributed by atoms with Crippen molar-refractivity contribution in [3.63, 3.8) is 0 Å². The predicted octanol–water partition coefficient (Wildman–Crippen LogP) is 7.21. The zero-order valence-corrected chi connectivity index (χ0v) is 18.0. The second kappa shape index (κ2) is 7.94. The normalized spacial score (nSPS) is 13.4. The highest BCUT2D eigenvalue weighted by atomic mass is 35.5. The number of fused-ring (bicyclic) bond motifs is 3. The van der Waals surface area contributed by atoms with Crippen LogP contribution in [0, 0.1) is 0 Å². The molecule has 0 radical (unpaired) electrons. The van der Waals surface area contributed by atoms with Crippen molar-refractivity contribution in [1.29, 1.82) is 0 Å². The Labute approximate surface area is 183 Å². The first kappa shape index (κ1) is 18.9. The van der Waals surface area contributed by atoms with Gasteiger partial charge in [-0.25, -0.2) is 9.97 Å². The van der Waals surface area contributed by atoms with E-state index in [1.807, 2.05) is 30.3 Å². The van der Waals surface area contributed by atoms with Crippen molar-refractivity contribution in [2.45, 2.75) is 32.1 Å². The van der Waals surface area contributed by atoms with Crippen molar-refractivity contribution in [2.24, 2.45) is 0 Å². The fourth-order valence-electron chi connectivity index (χ4n) is 3.88. The lowest BCUT2D eigenvalue weighted by Crippen LogP contribution is -2.04. The van der Waals surface area contributed by atoms with E-state index in [1.54, 1.807) is 17.4 Å². The number of hydrogen-bond donors (Lipinski definition) is 1. The fourth-order valence-corrected chi connectivity index (χ4v) is 5.51. The minimum atomic E-state index is 0.509. The van der Waals surface area contributed by atoms with Crippen molar-refractivity contribution in [3.8, 4) is 0 Å². The van der Waals surface area contributed by atoms with Crippen LogP contribution >= 0.6 is 34.5 Å². The maximum absolute atomic E-state index is 6.45. The van der Waals surface area contributed by atoms with Crippen LogP contribution in [0.4, 0.5) is 11.5 Å². The third-order valence-electron chi connectivity index (χ3n) is 5.27. The molecule has 146 valence electrons. The predicted molar refractivity (Wildman–Crippen MR) is 123 cm³/mol. The van der Waals surface area contributed by atoms with Crippen LogP contribution in [0.15, 0.2) is 48.5 Å². The Bertz CT molecular complexity index is 1190. The Morgan fingerprint density at radius 2 is 1.76 bits per heavy atom. The molecule has 6 heteroatoms. The first-order chi connectivity index (χ1) is 14.2. The van der Waals surface area contributed by atoms with E-state index in [-0.39, 0.29) is 0 Å². The summed E-state index contributed by atoms with van der Waals surface area (Å²) in [6.45, 7) is 0. The van der Waals surface area contributed by atoms with Gasteiger partial charge in [0.05, 0.1) is 21.1 Å². The summed E-state index contributed by atoms with van der Waals surface area (Å²) in [6.07, 6.45) is 5.35. The van der Waals surface area contributed by atoms with E-state index in [1.165, 1.54) is 28.8 Å². The van der Waals surface area contributed by atoms with Crippen LogP contribution in [0.1, 0.15) is 34.7 Å². The van der Waals surface area contributed by atoms with E-state index < -0.39 is 0 Å². The largest absolute Gasteiger partial charge is 0.338 e. The first-order valence-corrected chi connectivity index (χ1v) is 11.3. The molecule has 0 fully saturated rings. The monoisotopic (exact) mass is 439 g/mol. The minimum absolute atomic E-state index is 0.509. The minimum Gasteiger partial charge on any atom is -0.338 e. The van der Waals surface area contributed by atoms with Crippen LogP contribution in [0.25, 0.3) is 10.2 Å². The average molecular weight is 440 g/mol. The molecule has 2 aromatic heterocycles. The number of nitrogens with zero attached hydrogens (tertiary/aromatic N) is 2. The molecule has 1 N–H and O–H groups in total. The number of anilines is 2. The molecule has 0 saturated carbocycles. The summed E-state index contributed by atoms with van der Waals surface area (Å²) in [5.74, 6) is 1.63. The van der Waals surface area contributed by atoms with E-state index in [4.69, 9.17) is 33.2 Å². The molecule has 0 bridgehead atoms. The summed E-state index contributed by atoms with van der Waals surface area (Å²) >= 11 is 14.5. The lowest BCUT2D eigenvalue weighted by atomic mass is 9.97. The zero-order valence-electron chi connectivity index (χ0n) is 15.7. The van der Waals surface area contributed by atoms with Crippen molar-refractivity contribution in [2.75, 3.05) is 5.32 Å². The summed E-state index contributed by atoms with van der Waals surface area (Å²) in [7, 11) is 0. The lowest BCUT2D eigenvalue weighted by Gasteiger charge is -2.14. The number of nitrogens with one attached hydrogen (secondary N) is 1. The van der Waals surface area contributed by atoms with Gasteiger partial charge in [0.15, 0.2) is 0 Å². The number of aryl methyl sites for hydroxylation is 2. The molecule has 0 aliphatic heterocycles. The van der Waals surface area contributed by atoms with Crippen LogP contribution in [-0.4, -0.2) is 9.97 Å². The molecule has 4 aromatic rings. The van der Waals surface area contributed by atoms with Gasteiger partial charge in [-0.15, -0.1) is 11.3 Å². The van der Waals surface area contributed by atoms with Gasteiger partial charge in [0.2, 0.25) is 0 Å². The Morgan fingerprint density at radius 1 is 0.931 bits per heavy atom. The van der Waals surface area contributed by atoms with E-state index in [2.05, 4.69) is 17.4 Å². The Kier molecular flexibility index (Phi) is 5.17. The third kappa shape index (κ3) is 3.73. The van der Waals surface area contributed by atoms with Crippen molar-refractivity contribution < 1.29 is 0 Å². The summed E-state index contributed by atoms with van der Waals surface area (Å²) in [6, 6.07) is 15.9. The van der Waals surface area contributed by atoms with Crippen LogP contribution in [0.5, 0.6) is 0 Å². The SMILES string of the molecule is Clc1cccc(Nc2nc(Cc3ccccc3)nc3sc4c(c23)CCCC4)c1Cl. The van der Waals surface area contributed by atoms with Crippen LogP contribution in [-0.2, 0) is 19.3 Å². The molecule has 3 nitrogen and oxygen atoms in total. The Morgan fingerprint density at radius 3 is 2.62 bits per heavy atom. The Balaban J connectivity index is 1.64. The summed E-state index contributed by atoms with van der Waals surface area (Å²) in [5.41, 5.74) is 3.35. The molecular formula is C23H19Cl2N3S. The second-order valence-corrected chi connectivity index (χ2v) is 9.14. The molecule has 0 spiro atoms. The molecule has 2 heterocycles. The van der Waals surface area contributed by atoms with E-state index in [0.29, 0.717) is 16.5 Å². The molecule has 0 amide bonds.